The van der Waals surface area contributed by atoms with Crippen LogP contribution in [0.25, 0.3) is 0 Å². The molecule has 0 spiro atoms. The van der Waals surface area contributed by atoms with Crippen molar-refractivity contribution in [2.45, 2.75) is 45.2 Å². The number of benzene rings is 1. The number of carbonyl (C=O) groups excluding carboxylic acids is 2. The van der Waals surface area contributed by atoms with Crippen molar-refractivity contribution < 1.29 is 27.3 Å². The van der Waals surface area contributed by atoms with Crippen molar-refractivity contribution in [1.82, 2.24) is 20.1 Å². The van der Waals surface area contributed by atoms with Gasteiger partial charge >= 0.3 is 0 Å². The summed E-state index contributed by atoms with van der Waals surface area (Å²) in [5.41, 5.74) is 1.64. The van der Waals surface area contributed by atoms with E-state index in [0.29, 0.717) is 24.7 Å². The van der Waals surface area contributed by atoms with Crippen LogP contribution < -0.4 is 10.6 Å². The first-order chi connectivity index (χ1) is 15.6. The van der Waals surface area contributed by atoms with Gasteiger partial charge in [0.2, 0.25) is 15.9 Å². The molecule has 2 aromatic rings. The molecule has 1 unspecified atom stereocenters. The lowest BCUT2D eigenvalue weighted by molar-refractivity contribution is -0.124. The van der Waals surface area contributed by atoms with Crippen LogP contribution in [-0.2, 0) is 26.1 Å². The Labute approximate surface area is 193 Å². The standard InChI is InChI=1S/C22H30N4O6S/c1-14(2)20(22(28)23-13-19-15(3)25-32-16(19)4)24-21(27)17-6-5-7-18(12-17)33(29,30)26-8-10-31-11-9-26/h5-7,12,14,20H,8-11,13H2,1-4H3,(H,23,28)(H,24,27). The molecular formula is C22H30N4O6S. The Morgan fingerprint density at radius 2 is 1.88 bits per heavy atom. The van der Waals surface area contributed by atoms with Crippen molar-refractivity contribution in [2.24, 2.45) is 5.92 Å². The minimum absolute atomic E-state index is 0.0287. The Bertz CT molecular complexity index is 1090. The Morgan fingerprint density at radius 3 is 2.48 bits per heavy atom. The van der Waals surface area contributed by atoms with Gasteiger partial charge in [-0.2, -0.15) is 4.31 Å². The molecule has 0 bridgehead atoms. The molecule has 33 heavy (non-hydrogen) atoms. The molecule has 1 aliphatic rings. The van der Waals surface area contributed by atoms with Gasteiger partial charge in [-0.05, 0) is 38.0 Å². The minimum Gasteiger partial charge on any atom is -0.379 e. The molecule has 0 radical (unpaired) electrons. The second-order valence-corrected chi connectivity index (χ2v) is 10.2. The van der Waals surface area contributed by atoms with E-state index in [9.17, 15) is 18.0 Å². The van der Waals surface area contributed by atoms with Crippen LogP contribution in [0.3, 0.4) is 0 Å². The fourth-order valence-corrected chi connectivity index (χ4v) is 4.99. The zero-order chi connectivity index (χ0) is 24.2. The molecule has 1 atom stereocenters. The predicted octanol–water partition coefficient (Wildman–Crippen LogP) is 1.38. The molecule has 10 nitrogen and oxygen atoms in total. The molecule has 1 saturated heterocycles. The number of nitrogens with one attached hydrogen (secondary N) is 2. The van der Waals surface area contributed by atoms with Gasteiger partial charge in [0.1, 0.15) is 11.8 Å². The monoisotopic (exact) mass is 478 g/mol. The highest BCUT2D eigenvalue weighted by atomic mass is 32.2. The average molecular weight is 479 g/mol. The zero-order valence-corrected chi connectivity index (χ0v) is 20.1. The molecular weight excluding hydrogens is 448 g/mol. The normalized spacial score (nSPS) is 15.9. The topological polar surface area (TPSA) is 131 Å². The van der Waals surface area contributed by atoms with Crippen LogP contribution >= 0.6 is 0 Å². The predicted molar refractivity (Wildman–Crippen MR) is 120 cm³/mol. The number of aryl methyl sites for hydroxylation is 2. The lowest BCUT2D eigenvalue weighted by Gasteiger charge is -2.26. The summed E-state index contributed by atoms with van der Waals surface area (Å²) in [6, 6.07) is 5.02. The smallest absolute Gasteiger partial charge is 0.251 e. The first kappa shape index (κ1) is 24.9. The Morgan fingerprint density at radius 1 is 1.18 bits per heavy atom. The third-order valence-electron chi connectivity index (χ3n) is 5.56. The maximum absolute atomic E-state index is 12.9. The molecule has 3 rings (SSSR count). The van der Waals surface area contributed by atoms with Crippen LogP contribution in [0.4, 0.5) is 0 Å². The summed E-state index contributed by atoms with van der Waals surface area (Å²) in [6.07, 6.45) is 0. The average Bonchev–Trinajstić information content (AvgIpc) is 3.13. The molecule has 1 aromatic heterocycles. The summed E-state index contributed by atoms with van der Waals surface area (Å²) in [6.45, 7) is 8.61. The SMILES string of the molecule is Cc1noc(C)c1CNC(=O)C(NC(=O)c1cccc(S(=O)(=O)N2CCOCC2)c1)C(C)C. The van der Waals surface area contributed by atoms with Crippen molar-refractivity contribution >= 4 is 21.8 Å². The van der Waals surface area contributed by atoms with Crippen LogP contribution in [0, 0.1) is 19.8 Å². The fraction of sp³-hybridized carbons (Fsp3) is 0.500. The number of morpholine rings is 1. The summed E-state index contributed by atoms with van der Waals surface area (Å²) in [7, 11) is -3.74. The van der Waals surface area contributed by atoms with E-state index in [1.165, 1.54) is 28.6 Å². The number of amides is 2. The van der Waals surface area contributed by atoms with Crippen molar-refractivity contribution in [2.75, 3.05) is 26.3 Å². The molecule has 1 aromatic carbocycles. The van der Waals surface area contributed by atoms with Crippen LogP contribution in [0.1, 0.15) is 41.2 Å². The highest BCUT2D eigenvalue weighted by Gasteiger charge is 2.28. The molecule has 2 N–H and O–H groups in total. The van der Waals surface area contributed by atoms with E-state index in [1.54, 1.807) is 13.8 Å². The molecule has 0 saturated carbocycles. The second kappa shape index (κ2) is 10.4. The van der Waals surface area contributed by atoms with Crippen molar-refractivity contribution in [3.63, 3.8) is 0 Å². The van der Waals surface area contributed by atoms with Gasteiger partial charge in [0.05, 0.1) is 23.8 Å². The lowest BCUT2D eigenvalue weighted by atomic mass is 10.0. The van der Waals surface area contributed by atoms with Crippen molar-refractivity contribution in [1.29, 1.82) is 0 Å². The van der Waals surface area contributed by atoms with Crippen molar-refractivity contribution in [3.05, 3.63) is 46.8 Å². The number of ether oxygens (including phenoxy) is 1. The first-order valence-electron chi connectivity index (χ1n) is 10.8. The number of hydrogen-bond acceptors (Lipinski definition) is 7. The zero-order valence-electron chi connectivity index (χ0n) is 19.3. The molecule has 0 aliphatic carbocycles. The Hall–Kier alpha value is -2.76. The van der Waals surface area contributed by atoms with Gasteiger partial charge in [0.25, 0.3) is 5.91 Å². The maximum Gasteiger partial charge on any atom is 0.251 e. The summed E-state index contributed by atoms with van der Waals surface area (Å²) < 4.78 is 37.5. The molecule has 180 valence electrons. The number of hydrogen-bond donors (Lipinski definition) is 2. The summed E-state index contributed by atoms with van der Waals surface area (Å²) >= 11 is 0. The van der Waals surface area contributed by atoms with Gasteiger partial charge in [-0.25, -0.2) is 8.42 Å². The van der Waals surface area contributed by atoms with E-state index in [2.05, 4.69) is 15.8 Å². The molecule has 1 aliphatic heterocycles. The van der Waals surface area contributed by atoms with Gasteiger partial charge < -0.3 is 19.9 Å². The van der Waals surface area contributed by atoms with E-state index in [4.69, 9.17) is 9.26 Å². The van der Waals surface area contributed by atoms with E-state index >= 15 is 0 Å². The Kier molecular flexibility index (Phi) is 7.88. The largest absolute Gasteiger partial charge is 0.379 e. The molecule has 2 amide bonds. The van der Waals surface area contributed by atoms with E-state index in [0.717, 1.165) is 5.56 Å². The highest BCUT2D eigenvalue weighted by Crippen LogP contribution is 2.19. The number of nitrogens with zero attached hydrogens (tertiary/aromatic N) is 2. The van der Waals surface area contributed by atoms with Gasteiger partial charge in [0, 0.05) is 30.8 Å². The van der Waals surface area contributed by atoms with E-state index in [1.807, 2.05) is 13.8 Å². The molecule has 2 heterocycles. The maximum atomic E-state index is 12.9. The van der Waals surface area contributed by atoms with Gasteiger partial charge in [-0.3, -0.25) is 9.59 Å². The number of carbonyl (C=O) groups is 2. The first-order valence-corrected chi connectivity index (χ1v) is 12.2. The Balaban J connectivity index is 1.71. The second-order valence-electron chi connectivity index (χ2n) is 8.26. The van der Waals surface area contributed by atoms with Crippen LogP contribution in [0.5, 0.6) is 0 Å². The summed E-state index contributed by atoms with van der Waals surface area (Å²) in [4.78, 5) is 25.8. The highest BCUT2D eigenvalue weighted by molar-refractivity contribution is 7.89. The van der Waals surface area contributed by atoms with Crippen LogP contribution in [0.15, 0.2) is 33.7 Å². The van der Waals surface area contributed by atoms with Crippen molar-refractivity contribution in [3.8, 4) is 0 Å². The van der Waals surface area contributed by atoms with E-state index < -0.39 is 22.0 Å². The van der Waals surface area contributed by atoms with Crippen LogP contribution in [0.2, 0.25) is 0 Å². The summed E-state index contributed by atoms with van der Waals surface area (Å²) in [5, 5.41) is 9.42. The van der Waals surface area contributed by atoms with Crippen LogP contribution in [-0.4, -0.2) is 62.0 Å². The quantitative estimate of drug-likeness (QED) is 0.586. The van der Waals surface area contributed by atoms with Gasteiger partial charge in [-0.15, -0.1) is 0 Å². The number of aromatic nitrogens is 1. The third kappa shape index (κ3) is 5.79. The molecule has 1 fully saturated rings. The number of sulfonamides is 1. The van der Waals surface area contributed by atoms with Gasteiger partial charge in [0.15, 0.2) is 0 Å². The number of rotatable bonds is 8. The van der Waals surface area contributed by atoms with Gasteiger partial charge in [-0.1, -0.05) is 25.1 Å². The minimum atomic E-state index is -3.74. The lowest BCUT2D eigenvalue weighted by Crippen LogP contribution is -2.49. The molecule has 11 heteroatoms. The fourth-order valence-electron chi connectivity index (χ4n) is 3.53. The third-order valence-corrected chi connectivity index (χ3v) is 7.46. The van der Waals surface area contributed by atoms with E-state index in [-0.39, 0.29) is 41.9 Å². The summed E-state index contributed by atoms with van der Waals surface area (Å²) in [5.74, 6) is -0.453.